The molecule has 2 aromatic rings. The number of rotatable bonds is 5. The van der Waals surface area contributed by atoms with Crippen LogP contribution >= 0.6 is 23.2 Å². The van der Waals surface area contributed by atoms with E-state index < -0.39 is 4.92 Å². The molecule has 0 unspecified atom stereocenters. The van der Waals surface area contributed by atoms with Crippen LogP contribution in [0.3, 0.4) is 0 Å². The summed E-state index contributed by atoms with van der Waals surface area (Å²) in [5.41, 5.74) is 0.0746. The van der Waals surface area contributed by atoms with Crippen LogP contribution < -0.4 is 10.1 Å². The normalized spacial score (nSPS) is 10.6. The number of halogens is 2. The zero-order valence-corrected chi connectivity index (χ0v) is 13.2. The summed E-state index contributed by atoms with van der Waals surface area (Å²) in [6, 6.07) is 4.72. The molecule has 1 N–H and O–H groups in total. The summed E-state index contributed by atoms with van der Waals surface area (Å²) in [4.78, 5) is 18.4. The Morgan fingerprint density at radius 1 is 1.32 bits per heavy atom. The Balaban J connectivity index is 2.44. The number of nitro groups is 1. The van der Waals surface area contributed by atoms with Gasteiger partial charge >= 0.3 is 5.69 Å². The van der Waals surface area contributed by atoms with Crippen LogP contribution in [0.1, 0.15) is 13.8 Å². The van der Waals surface area contributed by atoms with Crippen LogP contribution in [0.15, 0.2) is 24.5 Å². The zero-order valence-electron chi connectivity index (χ0n) is 11.7. The van der Waals surface area contributed by atoms with E-state index in [4.69, 9.17) is 27.9 Å². The lowest BCUT2D eigenvalue weighted by atomic mass is 10.3. The second kappa shape index (κ2) is 6.76. The molecule has 116 valence electrons. The summed E-state index contributed by atoms with van der Waals surface area (Å²) in [7, 11) is 0. The van der Waals surface area contributed by atoms with Crippen LogP contribution in [0.2, 0.25) is 10.0 Å². The molecular weight excluding hydrogens is 331 g/mol. The van der Waals surface area contributed by atoms with Gasteiger partial charge < -0.3 is 10.1 Å². The highest BCUT2D eigenvalue weighted by atomic mass is 35.5. The van der Waals surface area contributed by atoms with Crippen LogP contribution in [0.25, 0.3) is 0 Å². The molecule has 0 atom stereocenters. The number of nitrogens with one attached hydrogen (secondary N) is 1. The molecule has 0 saturated carbocycles. The van der Waals surface area contributed by atoms with Gasteiger partial charge in [0.1, 0.15) is 6.33 Å². The van der Waals surface area contributed by atoms with Crippen LogP contribution in [-0.4, -0.2) is 21.0 Å². The summed E-state index contributed by atoms with van der Waals surface area (Å²) in [5.74, 6) is -0.123. The molecule has 0 radical (unpaired) electrons. The highest BCUT2D eigenvalue weighted by Crippen LogP contribution is 2.35. The maximum Gasteiger partial charge on any atom is 0.373 e. The minimum absolute atomic E-state index is 0.0140. The lowest BCUT2D eigenvalue weighted by Gasteiger charge is -2.12. The highest BCUT2D eigenvalue weighted by Gasteiger charge is 2.25. The van der Waals surface area contributed by atoms with Gasteiger partial charge in [-0.3, -0.25) is 10.1 Å². The molecule has 1 aromatic heterocycles. The van der Waals surface area contributed by atoms with Crippen LogP contribution in [-0.2, 0) is 0 Å². The predicted molar refractivity (Wildman–Crippen MR) is 84.2 cm³/mol. The quantitative estimate of drug-likeness (QED) is 0.646. The second-order valence-corrected chi connectivity index (χ2v) is 5.39. The largest absolute Gasteiger partial charge is 0.470 e. The average Bonchev–Trinajstić information content (AvgIpc) is 2.41. The molecule has 22 heavy (non-hydrogen) atoms. The molecule has 1 aromatic carbocycles. The van der Waals surface area contributed by atoms with E-state index in [9.17, 15) is 10.1 Å². The van der Waals surface area contributed by atoms with Gasteiger partial charge in [-0.2, -0.15) is 4.98 Å². The van der Waals surface area contributed by atoms with Crippen molar-refractivity contribution in [2.24, 2.45) is 0 Å². The Labute approximate surface area is 136 Å². The van der Waals surface area contributed by atoms with Crippen molar-refractivity contribution in [2.45, 2.75) is 20.0 Å². The standard InChI is InChI=1S/C13H12Cl2N4O3/c1-7(2)22-13-11(19(20)21)12(16-6-17-13)18-10-4-3-8(14)5-9(10)15/h3-7H,1-2H3,(H,16,17,18). The van der Waals surface area contributed by atoms with Gasteiger partial charge in [-0.25, -0.2) is 4.98 Å². The van der Waals surface area contributed by atoms with Crippen molar-refractivity contribution in [2.75, 3.05) is 5.32 Å². The molecule has 0 saturated heterocycles. The molecule has 0 aliphatic carbocycles. The Morgan fingerprint density at radius 2 is 2.05 bits per heavy atom. The number of aromatic nitrogens is 2. The molecule has 0 aliphatic rings. The van der Waals surface area contributed by atoms with Crippen molar-refractivity contribution < 1.29 is 9.66 Å². The first-order chi connectivity index (χ1) is 10.4. The molecule has 0 spiro atoms. The summed E-state index contributed by atoms with van der Waals surface area (Å²) in [6.07, 6.45) is 0.914. The first kappa shape index (κ1) is 16.3. The third kappa shape index (κ3) is 3.75. The molecule has 0 aliphatic heterocycles. The van der Waals surface area contributed by atoms with E-state index in [0.29, 0.717) is 15.7 Å². The lowest BCUT2D eigenvalue weighted by molar-refractivity contribution is -0.385. The van der Waals surface area contributed by atoms with Gasteiger partial charge in [-0.05, 0) is 32.0 Å². The van der Waals surface area contributed by atoms with Crippen LogP contribution in [0.5, 0.6) is 5.88 Å². The van der Waals surface area contributed by atoms with E-state index >= 15 is 0 Å². The number of anilines is 2. The van der Waals surface area contributed by atoms with Gasteiger partial charge in [0, 0.05) is 5.02 Å². The van der Waals surface area contributed by atoms with Crippen LogP contribution in [0.4, 0.5) is 17.2 Å². The predicted octanol–water partition coefficient (Wildman–Crippen LogP) is 4.22. The number of hydrogen-bond donors (Lipinski definition) is 1. The second-order valence-electron chi connectivity index (χ2n) is 4.55. The molecule has 2 rings (SSSR count). The maximum atomic E-state index is 11.3. The van der Waals surface area contributed by atoms with Crippen molar-refractivity contribution in [3.05, 3.63) is 44.7 Å². The van der Waals surface area contributed by atoms with E-state index in [1.54, 1.807) is 26.0 Å². The van der Waals surface area contributed by atoms with Crippen molar-refractivity contribution in [1.82, 2.24) is 9.97 Å². The van der Waals surface area contributed by atoms with E-state index in [1.165, 1.54) is 12.4 Å². The van der Waals surface area contributed by atoms with Crippen molar-refractivity contribution in [3.8, 4) is 5.88 Å². The fraction of sp³-hybridized carbons (Fsp3) is 0.231. The fourth-order valence-electron chi connectivity index (χ4n) is 1.65. The topological polar surface area (TPSA) is 90.2 Å². The monoisotopic (exact) mass is 342 g/mol. The van der Waals surface area contributed by atoms with Gasteiger partial charge in [0.25, 0.3) is 5.88 Å². The number of nitrogens with zero attached hydrogens (tertiary/aromatic N) is 3. The van der Waals surface area contributed by atoms with E-state index in [1.807, 2.05) is 0 Å². The molecule has 7 nitrogen and oxygen atoms in total. The third-order valence-electron chi connectivity index (χ3n) is 2.50. The molecule has 0 fully saturated rings. The Bertz CT molecular complexity index is 710. The van der Waals surface area contributed by atoms with Crippen LogP contribution in [0, 0.1) is 10.1 Å². The first-order valence-electron chi connectivity index (χ1n) is 6.26. The maximum absolute atomic E-state index is 11.3. The third-order valence-corrected chi connectivity index (χ3v) is 3.05. The van der Waals surface area contributed by atoms with Gasteiger partial charge in [-0.1, -0.05) is 23.2 Å². The Hall–Kier alpha value is -2.12. The Morgan fingerprint density at radius 3 is 2.64 bits per heavy atom. The lowest BCUT2D eigenvalue weighted by Crippen LogP contribution is -2.11. The zero-order chi connectivity index (χ0) is 16.3. The first-order valence-corrected chi connectivity index (χ1v) is 7.02. The number of ether oxygens (including phenoxy) is 1. The molecule has 0 amide bonds. The van der Waals surface area contributed by atoms with Gasteiger partial charge in [0.2, 0.25) is 5.82 Å². The molecule has 9 heteroatoms. The van der Waals surface area contributed by atoms with Gasteiger partial charge in [-0.15, -0.1) is 0 Å². The van der Waals surface area contributed by atoms with Gasteiger partial charge in [0.05, 0.1) is 21.7 Å². The van der Waals surface area contributed by atoms with E-state index in [0.717, 1.165) is 0 Å². The number of benzene rings is 1. The smallest absolute Gasteiger partial charge is 0.373 e. The fourth-order valence-corrected chi connectivity index (χ4v) is 2.10. The summed E-state index contributed by atoms with van der Waals surface area (Å²) in [5, 5.41) is 14.9. The average molecular weight is 343 g/mol. The highest BCUT2D eigenvalue weighted by molar-refractivity contribution is 6.36. The molecule has 0 bridgehead atoms. The minimum atomic E-state index is -0.607. The minimum Gasteiger partial charge on any atom is -0.470 e. The van der Waals surface area contributed by atoms with Gasteiger partial charge in [0.15, 0.2) is 0 Å². The van der Waals surface area contributed by atoms with Crippen molar-refractivity contribution in [1.29, 1.82) is 0 Å². The molecular formula is C13H12Cl2N4O3. The SMILES string of the molecule is CC(C)Oc1ncnc(Nc2ccc(Cl)cc2Cl)c1[N+](=O)[O-]. The summed E-state index contributed by atoms with van der Waals surface area (Å²) < 4.78 is 5.35. The Kier molecular flexibility index (Phi) is 4.99. The van der Waals surface area contributed by atoms with E-state index in [2.05, 4.69) is 15.3 Å². The summed E-state index contributed by atoms with van der Waals surface area (Å²) >= 11 is 11.9. The van der Waals surface area contributed by atoms with Crippen molar-refractivity contribution in [3.63, 3.8) is 0 Å². The van der Waals surface area contributed by atoms with E-state index in [-0.39, 0.29) is 23.5 Å². The van der Waals surface area contributed by atoms with Crippen molar-refractivity contribution >= 4 is 40.4 Å². The summed E-state index contributed by atoms with van der Waals surface area (Å²) in [6.45, 7) is 3.49. The number of hydrogen-bond acceptors (Lipinski definition) is 6. The molecule has 1 heterocycles.